The maximum absolute atomic E-state index is 13.1. The number of phenols is 2. The molecule has 4 rings (SSSR count). The minimum atomic E-state index is -0.929. The molecular formula is C20H22O6. The summed E-state index contributed by atoms with van der Waals surface area (Å²) in [5.41, 5.74) is 0.0602. The van der Waals surface area contributed by atoms with E-state index in [0.29, 0.717) is 6.42 Å². The van der Waals surface area contributed by atoms with Crippen LogP contribution in [0.2, 0.25) is 0 Å². The third-order valence-electron chi connectivity index (χ3n) is 5.43. The summed E-state index contributed by atoms with van der Waals surface area (Å²) in [6, 6.07) is 4.02. The van der Waals surface area contributed by atoms with Gasteiger partial charge in [-0.3, -0.25) is 4.79 Å². The second-order valence-electron chi connectivity index (χ2n) is 7.72. The standard InChI is InChI=1S/C20H22O6/c1-20(2)6-5-12-15(26-20)8-16-17(18(12)23)19(24)13(9-25-16)11-4-3-10(21)7-14(11)22/h3-7,9,12,15-18,21-23H,8H2,1-2H3. The molecule has 1 saturated carbocycles. The number of allylic oxidation sites excluding steroid dienone is 1. The fourth-order valence-corrected chi connectivity index (χ4v) is 4.15. The molecule has 0 bridgehead atoms. The van der Waals surface area contributed by atoms with Crippen LogP contribution in [0.4, 0.5) is 0 Å². The molecule has 138 valence electrons. The first kappa shape index (κ1) is 17.1. The number of rotatable bonds is 1. The number of hydrogen-bond acceptors (Lipinski definition) is 6. The van der Waals surface area contributed by atoms with Crippen LogP contribution in [-0.4, -0.2) is 45.0 Å². The van der Waals surface area contributed by atoms with Gasteiger partial charge >= 0.3 is 0 Å². The third-order valence-corrected chi connectivity index (χ3v) is 5.43. The van der Waals surface area contributed by atoms with Crippen LogP contribution in [0.25, 0.3) is 5.57 Å². The van der Waals surface area contributed by atoms with E-state index < -0.39 is 23.7 Å². The van der Waals surface area contributed by atoms with Gasteiger partial charge in [-0.1, -0.05) is 12.2 Å². The average molecular weight is 358 g/mol. The van der Waals surface area contributed by atoms with Gasteiger partial charge in [0.25, 0.3) is 0 Å². The van der Waals surface area contributed by atoms with E-state index in [1.165, 1.54) is 24.5 Å². The zero-order valence-electron chi connectivity index (χ0n) is 14.6. The number of carbonyl (C=O) groups excluding carboxylic acids is 1. The summed E-state index contributed by atoms with van der Waals surface area (Å²) in [6.45, 7) is 3.91. The van der Waals surface area contributed by atoms with Crippen LogP contribution in [-0.2, 0) is 14.3 Å². The van der Waals surface area contributed by atoms with Crippen molar-refractivity contribution >= 4 is 11.4 Å². The summed E-state index contributed by atoms with van der Waals surface area (Å²) in [7, 11) is 0. The molecule has 0 radical (unpaired) electrons. The normalized spacial score (nSPS) is 35.1. The van der Waals surface area contributed by atoms with E-state index in [0.717, 1.165) is 0 Å². The maximum atomic E-state index is 13.1. The zero-order valence-corrected chi connectivity index (χ0v) is 14.6. The number of benzene rings is 1. The first-order chi connectivity index (χ1) is 12.3. The van der Waals surface area contributed by atoms with E-state index in [2.05, 4.69) is 0 Å². The third kappa shape index (κ3) is 2.70. The van der Waals surface area contributed by atoms with E-state index in [4.69, 9.17) is 9.47 Å². The zero-order chi connectivity index (χ0) is 18.6. The molecule has 0 aromatic heterocycles. The molecule has 1 fully saturated rings. The van der Waals surface area contributed by atoms with Gasteiger partial charge in [0.1, 0.15) is 17.6 Å². The number of Topliss-reactive ketones (excluding diaryl/α,β-unsaturated/α-hetero) is 1. The highest BCUT2D eigenvalue weighted by atomic mass is 16.5. The fraction of sp³-hybridized carbons (Fsp3) is 0.450. The minimum absolute atomic E-state index is 0.0958. The van der Waals surface area contributed by atoms with Gasteiger partial charge in [0.2, 0.25) is 0 Å². The molecule has 1 aromatic carbocycles. The van der Waals surface area contributed by atoms with Gasteiger partial charge < -0.3 is 24.8 Å². The number of aliphatic hydroxyl groups is 1. The van der Waals surface area contributed by atoms with Crippen LogP contribution in [0.15, 0.2) is 36.6 Å². The smallest absolute Gasteiger partial charge is 0.176 e. The molecular weight excluding hydrogens is 336 g/mol. The first-order valence-corrected chi connectivity index (χ1v) is 8.74. The molecule has 2 aliphatic heterocycles. The van der Waals surface area contributed by atoms with Crippen molar-refractivity contribution in [1.82, 2.24) is 0 Å². The number of fused-ring (bicyclic) bond motifs is 2. The topological polar surface area (TPSA) is 96.2 Å². The van der Waals surface area contributed by atoms with Gasteiger partial charge in [-0.25, -0.2) is 0 Å². The molecule has 1 aliphatic carbocycles. The quantitative estimate of drug-likeness (QED) is 0.666. The minimum Gasteiger partial charge on any atom is -0.508 e. The predicted molar refractivity (Wildman–Crippen MR) is 93.3 cm³/mol. The molecule has 26 heavy (non-hydrogen) atoms. The van der Waals surface area contributed by atoms with Crippen LogP contribution in [0.5, 0.6) is 11.5 Å². The lowest BCUT2D eigenvalue weighted by Crippen LogP contribution is -2.56. The molecule has 2 heterocycles. The molecule has 6 nitrogen and oxygen atoms in total. The summed E-state index contributed by atoms with van der Waals surface area (Å²) in [6.07, 6.45) is 4.08. The number of phenolic OH excluding ortho intramolecular Hbond substituents is 2. The van der Waals surface area contributed by atoms with E-state index in [9.17, 15) is 20.1 Å². The highest BCUT2D eigenvalue weighted by molar-refractivity contribution is 6.23. The molecule has 0 amide bonds. The largest absolute Gasteiger partial charge is 0.508 e. The predicted octanol–water partition coefficient (Wildman–Crippen LogP) is 2.14. The number of aliphatic hydroxyl groups excluding tert-OH is 1. The number of ketones is 1. The Bertz CT molecular complexity index is 809. The van der Waals surface area contributed by atoms with Crippen molar-refractivity contribution in [2.45, 2.75) is 44.2 Å². The molecule has 3 aliphatic rings. The monoisotopic (exact) mass is 358 g/mol. The number of hydrogen-bond donors (Lipinski definition) is 3. The Hall–Kier alpha value is -2.31. The van der Waals surface area contributed by atoms with Gasteiger partial charge in [-0.15, -0.1) is 0 Å². The molecule has 1 aromatic rings. The van der Waals surface area contributed by atoms with Crippen molar-refractivity contribution in [3.8, 4) is 11.5 Å². The second-order valence-corrected chi connectivity index (χ2v) is 7.72. The van der Waals surface area contributed by atoms with Crippen LogP contribution in [0.1, 0.15) is 25.8 Å². The number of aromatic hydroxyl groups is 2. The number of ether oxygens (including phenoxy) is 2. The molecule has 5 unspecified atom stereocenters. The van der Waals surface area contributed by atoms with Crippen LogP contribution in [0, 0.1) is 11.8 Å². The fourth-order valence-electron chi connectivity index (χ4n) is 4.15. The summed E-state index contributed by atoms with van der Waals surface area (Å²) in [4.78, 5) is 13.1. The van der Waals surface area contributed by atoms with Gasteiger partial charge in [0.15, 0.2) is 5.78 Å². The van der Waals surface area contributed by atoms with Gasteiger partial charge in [-0.2, -0.15) is 0 Å². The highest BCUT2D eigenvalue weighted by Gasteiger charge is 2.52. The first-order valence-electron chi connectivity index (χ1n) is 8.74. The molecule has 0 spiro atoms. The Morgan fingerprint density at radius 3 is 2.69 bits per heavy atom. The summed E-state index contributed by atoms with van der Waals surface area (Å²) >= 11 is 0. The van der Waals surface area contributed by atoms with Crippen molar-refractivity contribution in [2.24, 2.45) is 11.8 Å². The lowest BCUT2D eigenvalue weighted by Gasteiger charge is -2.48. The summed E-state index contributed by atoms with van der Waals surface area (Å²) < 4.78 is 11.8. The van der Waals surface area contributed by atoms with Gasteiger partial charge in [0.05, 0.1) is 35.6 Å². The van der Waals surface area contributed by atoms with Crippen LogP contribution >= 0.6 is 0 Å². The highest BCUT2D eigenvalue weighted by Crippen LogP contribution is 2.44. The van der Waals surface area contributed by atoms with Crippen molar-refractivity contribution < 1.29 is 29.6 Å². The molecule has 0 saturated heterocycles. The molecule has 5 atom stereocenters. The van der Waals surface area contributed by atoms with Crippen LogP contribution < -0.4 is 0 Å². The van der Waals surface area contributed by atoms with E-state index in [1.807, 2.05) is 26.0 Å². The lowest BCUT2D eigenvalue weighted by molar-refractivity contribution is -0.168. The average Bonchev–Trinajstić information content (AvgIpc) is 2.55. The van der Waals surface area contributed by atoms with E-state index in [-0.39, 0.29) is 40.4 Å². The Morgan fingerprint density at radius 1 is 1.19 bits per heavy atom. The van der Waals surface area contributed by atoms with Crippen molar-refractivity contribution in [3.63, 3.8) is 0 Å². The van der Waals surface area contributed by atoms with Crippen LogP contribution in [0.3, 0.4) is 0 Å². The molecule has 6 heteroatoms. The lowest BCUT2D eigenvalue weighted by atomic mass is 9.69. The molecule has 3 N–H and O–H groups in total. The Balaban J connectivity index is 1.66. The van der Waals surface area contributed by atoms with Crippen molar-refractivity contribution in [2.75, 3.05) is 0 Å². The SMILES string of the molecule is CC1(C)C=CC2C(CC3OC=C(c4ccc(O)cc4O)C(=O)C3C2O)O1. The Labute approximate surface area is 151 Å². The number of carbonyl (C=O) groups is 1. The van der Waals surface area contributed by atoms with E-state index in [1.54, 1.807) is 0 Å². The van der Waals surface area contributed by atoms with Crippen molar-refractivity contribution in [3.05, 3.63) is 42.2 Å². The van der Waals surface area contributed by atoms with Gasteiger partial charge in [-0.05, 0) is 26.0 Å². The Kier molecular flexibility index (Phi) is 3.86. The maximum Gasteiger partial charge on any atom is 0.176 e. The van der Waals surface area contributed by atoms with Crippen molar-refractivity contribution in [1.29, 1.82) is 0 Å². The second kappa shape index (κ2) is 5.86. The summed E-state index contributed by atoms with van der Waals surface area (Å²) in [5.74, 6) is -1.58. The summed E-state index contributed by atoms with van der Waals surface area (Å²) in [5, 5.41) is 30.4. The van der Waals surface area contributed by atoms with E-state index >= 15 is 0 Å². The van der Waals surface area contributed by atoms with Gasteiger partial charge in [0, 0.05) is 24.0 Å². The Morgan fingerprint density at radius 2 is 1.96 bits per heavy atom.